The Labute approximate surface area is 99.9 Å². The number of aliphatic hydroxyl groups is 1. The van der Waals surface area contributed by atoms with Crippen molar-refractivity contribution in [1.82, 2.24) is 5.32 Å². The molecule has 0 spiro atoms. The normalized spacial score (nSPS) is 17.2. The van der Waals surface area contributed by atoms with Crippen LogP contribution in [-0.4, -0.2) is 17.3 Å². The van der Waals surface area contributed by atoms with Crippen molar-refractivity contribution in [2.75, 3.05) is 6.61 Å². The van der Waals surface area contributed by atoms with E-state index in [0.717, 1.165) is 24.8 Å². The van der Waals surface area contributed by atoms with Crippen LogP contribution >= 0.6 is 0 Å². The third kappa shape index (κ3) is 2.63. The zero-order chi connectivity index (χ0) is 12.3. The molecule has 1 aromatic rings. The first kappa shape index (κ1) is 12.0. The summed E-state index contributed by atoms with van der Waals surface area (Å²) < 4.78 is 13.2. The Morgan fingerprint density at radius 1 is 1.41 bits per heavy atom. The third-order valence-corrected chi connectivity index (χ3v) is 3.37. The van der Waals surface area contributed by atoms with Crippen molar-refractivity contribution >= 4 is 0 Å². The maximum absolute atomic E-state index is 13.2. The second-order valence-corrected chi connectivity index (χ2v) is 4.61. The fourth-order valence-electron chi connectivity index (χ4n) is 2.10. The van der Waals surface area contributed by atoms with Gasteiger partial charge in [0, 0.05) is 12.1 Å². The highest BCUT2D eigenvalue weighted by Gasteiger charge is 2.35. The van der Waals surface area contributed by atoms with E-state index in [2.05, 4.69) is 5.32 Å². The van der Waals surface area contributed by atoms with E-state index < -0.39 is 5.82 Å². The number of nitrogens with zero attached hydrogens (tertiary/aromatic N) is 1. The molecule has 1 aromatic carbocycles. The van der Waals surface area contributed by atoms with E-state index in [4.69, 9.17) is 5.26 Å². The quantitative estimate of drug-likeness (QED) is 0.833. The van der Waals surface area contributed by atoms with Crippen LogP contribution in [0.25, 0.3) is 0 Å². The zero-order valence-corrected chi connectivity index (χ0v) is 9.54. The van der Waals surface area contributed by atoms with E-state index in [1.807, 2.05) is 6.07 Å². The van der Waals surface area contributed by atoms with Crippen LogP contribution in [0, 0.1) is 17.1 Å². The highest BCUT2D eigenvalue weighted by molar-refractivity contribution is 5.33. The van der Waals surface area contributed by atoms with Crippen molar-refractivity contribution in [3.63, 3.8) is 0 Å². The lowest BCUT2D eigenvalue weighted by Crippen LogP contribution is -2.53. The van der Waals surface area contributed by atoms with E-state index in [1.165, 1.54) is 12.1 Å². The first-order valence-corrected chi connectivity index (χ1v) is 5.73. The van der Waals surface area contributed by atoms with Crippen LogP contribution in [0.4, 0.5) is 4.39 Å². The van der Waals surface area contributed by atoms with Gasteiger partial charge in [0.25, 0.3) is 0 Å². The minimum Gasteiger partial charge on any atom is -0.394 e. The topological polar surface area (TPSA) is 56.0 Å². The van der Waals surface area contributed by atoms with Gasteiger partial charge < -0.3 is 10.4 Å². The summed E-state index contributed by atoms with van der Waals surface area (Å²) in [6.45, 7) is 0.584. The Kier molecular flexibility index (Phi) is 3.41. The van der Waals surface area contributed by atoms with Gasteiger partial charge in [-0.1, -0.05) is 0 Å². The average Bonchev–Trinajstić information content (AvgIpc) is 2.27. The molecule has 0 heterocycles. The van der Waals surface area contributed by atoms with Crippen LogP contribution in [-0.2, 0) is 6.54 Å². The van der Waals surface area contributed by atoms with Crippen molar-refractivity contribution in [2.24, 2.45) is 0 Å². The van der Waals surface area contributed by atoms with E-state index >= 15 is 0 Å². The molecule has 1 fully saturated rings. The third-order valence-electron chi connectivity index (χ3n) is 3.37. The van der Waals surface area contributed by atoms with Gasteiger partial charge in [0.1, 0.15) is 5.82 Å². The summed E-state index contributed by atoms with van der Waals surface area (Å²) in [7, 11) is 0. The van der Waals surface area contributed by atoms with Gasteiger partial charge in [0.05, 0.1) is 18.2 Å². The number of rotatable bonds is 4. The van der Waals surface area contributed by atoms with Gasteiger partial charge in [-0.2, -0.15) is 5.26 Å². The fraction of sp³-hybridized carbons (Fsp3) is 0.462. The number of nitriles is 1. The van der Waals surface area contributed by atoms with Crippen molar-refractivity contribution in [3.05, 3.63) is 35.1 Å². The lowest BCUT2D eigenvalue weighted by atomic mass is 9.77. The first-order chi connectivity index (χ1) is 8.17. The van der Waals surface area contributed by atoms with Crippen molar-refractivity contribution in [2.45, 2.75) is 31.3 Å². The Morgan fingerprint density at radius 2 is 2.18 bits per heavy atom. The number of aliphatic hydroxyl groups excluding tert-OH is 1. The molecule has 0 radical (unpaired) electrons. The smallest absolute Gasteiger partial charge is 0.124 e. The van der Waals surface area contributed by atoms with E-state index in [1.54, 1.807) is 6.07 Å². The molecule has 90 valence electrons. The summed E-state index contributed by atoms with van der Waals surface area (Å²) in [5.74, 6) is -0.396. The SMILES string of the molecule is N#Cc1cc(F)cc(CNC2(CO)CCC2)c1. The summed E-state index contributed by atoms with van der Waals surface area (Å²) in [6.07, 6.45) is 3.01. The molecular formula is C13H15FN2O. The number of hydrogen-bond donors (Lipinski definition) is 2. The largest absolute Gasteiger partial charge is 0.394 e. The van der Waals surface area contributed by atoms with Gasteiger partial charge in [-0.15, -0.1) is 0 Å². The minimum atomic E-state index is -0.396. The molecule has 0 bridgehead atoms. The molecule has 0 aromatic heterocycles. The van der Waals surface area contributed by atoms with Crippen LogP contribution in [0.15, 0.2) is 18.2 Å². The van der Waals surface area contributed by atoms with E-state index in [-0.39, 0.29) is 12.1 Å². The molecule has 1 saturated carbocycles. The molecule has 2 N–H and O–H groups in total. The van der Waals surface area contributed by atoms with Crippen molar-refractivity contribution < 1.29 is 9.50 Å². The lowest BCUT2D eigenvalue weighted by Gasteiger charge is -2.41. The Bertz CT molecular complexity index is 444. The molecule has 0 unspecified atom stereocenters. The second kappa shape index (κ2) is 4.82. The van der Waals surface area contributed by atoms with Gasteiger partial charge in [0.2, 0.25) is 0 Å². The highest BCUT2D eigenvalue weighted by atomic mass is 19.1. The number of benzene rings is 1. The standard InChI is InChI=1S/C13H15FN2O/c14-12-5-10(7-15)4-11(6-12)8-16-13(9-17)2-1-3-13/h4-6,16-17H,1-3,8-9H2. The van der Waals surface area contributed by atoms with Gasteiger partial charge >= 0.3 is 0 Å². The minimum absolute atomic E-state index is 0.105. The summed E-state index contributed by atoms with van der Waals surface area (Å²) in [5.41, 5.74) is 0.869. The summed E-state index contributed by atoms with van der Waals surface area (Å²) in [4.78, 5) is 0. The molecule has 2 rings (SSSR count). The van der Waals surface area contributed by atoms with Gasteiger partial charge in [-0.05, 0) is 43.0 Å². The molecule has 0 amide bonds. The fourth-order valence-corrected chi connectivity index (χ4v) is 2.10. The Hall–Kier alpha value is -1.44. The predicted octanol–water partition coefficient (Wildman–Crippen LogP) is 1.70. The van der Waals surface area contributed by atoms with Gasteiger partial charge in [-0.3, -0.25) is 0 Å². The monoisotopic (exact) mass is 234 g/mol. The molecular weight excluding hydrogens is 219 g/mol. The molecule has 1 aliphatic rings. The van der Waals surface area contributed by atoms with Crippen LogP contribution in [0.3, 0.4) is 0 Å². The summed E-state index contributed by atoms with van der Waals surface area (Å²) in [5, 5.41) is 21.3. The highest BCUT2D eigenvalue weighted by Crippen LogP contribution is 2.31. The van der Waals surface area contributed by atoms with Crippen LogP contribution < -0.4 is 5.32 Å². The number of hydrogen-bond acceptors (Lipinski definition) is 3. The summed E-state index contributed by atoms with van der Waals surface area (Å²) in [6, 6.07) is 6.23. The maximum atomic E-state index is 13.2. The zero-order valence-electron chi connectivity index (χ0n) is 9.54. The lowest BCUT2D eigenvalue weighted by molar-refractivity contribution is 0.0872. The van der Waals surface area contributed by atoms with Gasteiger partial charge in [-0.25, -0.2) is 4.39 Å². The van der Waals surface area contributed by atoms with Crippen molar-refractivity contribution in [1.29, 1.82) is 5.26 Å². The van der Waals surface area contributed by atoms with Crippen LogP contribution in [0.5, 0.6) is 0 Å². The number of halogens is 1. The molecule has 17 heavy (non-hydrogen) atoms. The Morgan fingerprint density at radius 3 is 2.71 bits per heavy atom. The first-order valence-electron chi connectivity index (χ1n) is 5.73. The molecule has 0 saturated heterocycles. The van der Waals surface area contributed by atoms with E-state index in [0.29, 0.717) is 12.1 Å². The molecule has 1 aliphatic carbocycles. The van der Waals surface area contributed by atoms with Gasteiger partial charge in [0.15, 0.2) is 0 Å². The van der Waals surface area contributed by atoms with Crippen LogP contribution in [0.2, 0.25) is 0 Å². The number of nitrogens with one attached hydrogen (secondary N) is 1. The van der Waals surface area contributed by atoms with Crippen molar-refractivity contribution in [3.8, 4) is 6.07 Å². The molecule has 0 atom stereocenters. The van der Waals surface area contributed by atoms with Crippen LogP contribution in [0.1, 0.15) is 30.4 Å². The maximum Gasteiger partial charge on any atom is 0.124 e. The van der Waals surface area contributed by atoms with E-state index in [9.17, 15) is 9.50 Å². The predicted molar refractivity (Wildman–Crippen MR) is 61.6 cm³/mol. The molecule has 3 nitrogen and oxygen atoms in total. The summed E-state index contributed by atoms with van der Waals surface area (Å²) >= 11 is 0. The molecule has 0 aliphatic heterocycles. The Balaban J connectivity index is 2.04. The average molecular weight is 234 g/mol. The second-order valence-electron chi connectivity index (χ2n) is 4.61. The molecule has 4 heteroatoms.